The summed E-state index contributed by atoms with van der Waals surface area (Å²) in [5, 5.41) is 1.04. The minimum absolute atomic E-state index is 0.109. The fourth-order valence-corrected chi connectivity index (χ4v) is 3.29. The maximum Gasteiger partial charge on any atom is 0.254 e. The molecule has 1 atom stereocenters. The zero-order chi connectivity index (χ0) is 20.4. The van der Waals surface area contributed by atoms with Crippen LogP contribution in [0.25, 0.3) is 22.0 Å². The Morgan fingerprint density at radius 2 is 1.68 bits per heavy atom. The largest absolute Gasteiger partial charge is 0.347 e. The number of aryl methyl sites for hydroxylation is 1. The third-order valence-corrected chi connectivity index (χ3v) is 4.96. The number of likely N-dealkylation sites (N-methyl/N-ethyl adjacent to an activating group) is 2. The van der Waals surface area contributed by atoms with Crippen molar-refractivity contribution >= 4 is 22.7 Å². The highest BCUT2D eigenvalue weighted by molar-refractivity contribution is 6.00. The number of rotatable bonds is 4. The third kappa shape index (κ3) is 3.74. The Labute approximate surface area is 165 Å². The van der Waals surface area contributed by atoms with E-state index >= 15 is 0 Å². The molecule has 0 radical (unpaired) electrons. The number of pyridine rings is 1. The first-order valence-corrected chi connectivity index (χ1v) is 9.24. The number of aromatic nitrogens is 1. The monoisotopic (exact) mass is 375 g/mol. The van der Waals surface area contributed by atoms with E-state index in [9.17, 15) is 9.59 Å². The quantitative estimate of drug-likeness (QED) is 0.698. The van der Waals surface area contributed by atoms with E-state index in [1.54, 1.807) is 34.1 Å². The Hall–Kier alpha value is -3.21. The van der Waals surface area contributed by atoms with Gasteiger partial charge >= 0.3 is 0 Å². The van der Waals surface area contributed by atoms with E-state index in [0.717, 1.165) is 27.7 Å². The van der Waals surface area contributed by atoms with Gasteiger partial charge < -0.3 is 9.80 Å². The summed E-state index contributed by atoms with van der Waals surface area (Å²) in [6.07, 6.45) is 0. The van der Waals surface area contributed by atoms with E-state index in [1.165, 1.54) is 9.80 Å². The summed E-state index contributed by atoms with van der Waals surface area (Å²) < 4.78 is 0. The Bertz CT molecular complexity index is 1040. The van der Waals surface area contributed by atoms with Crippen LogP contribution in [-0.2, 0) is 4.79 Å². The first-order chi connectivity index (χ1) is 13.3. The average Bonchev–Trinajstić information content (AvgIpc) is 2.70. The van der Waals surface area contributed by atoms with E-state index in [1.807, 2.05) is 55.5 Å². The molecule has 2 aromatic carbocycles. The molecule has 0 aliphatic rings. The molecule has 0 aliphatic heterocycles. The highest BCUT2D eigenvalue weighted by Crippen LogP contribution is 2.29. The van der Waals surface area contributed by atoms with Crippen LogP contribution >= 0.6 is 0 Å². The summed E-state index contributed by atoms with van der Waals surface area (Å²) in [5.41, 5.74) is 4.40. The van der Waals surface area contributed by atoms with Gasteiger partial charge in [-0.2, -0.15) is 0 Å². The molecule has 5 heteroatoms. The van der Waals surface area contributed by atoms with Crippen LogP contribution in [0.1, 0.15) is 23.0 Å². The van der Waals surface area contributed by atoms with Gasteiger partial charge in [0, 0.05) is 37.8 Å². The minimum Gasteiger partial charge on any atom is -0.347 e. The molecular formula is C23H25N3O2. The Kier molecular flexibility index (Phi) is 5.45. The molecule has 1 heterocycles. The van der Waals surface area contributed by atoms with Crippen LogP contribution in [0.3, 0.4) is 0 Å². The fraction of sp³-hybridized carbons (Fsp3) is 0.261. The van der Waals surface area contributed by atoms with Crippen molar-refractivity contribution in [1.82, 2.24) is 14.8 Å². The van der Waals surface area contributed by atoms with E-state index in [0.29, 0.717) is 5.56 Å². The molecule has 1 unspecified atom stereocenters. The molecule has 0 saturated heterocycles. The van der Waals surface area contributed by atoms with Gasteiger partial charge in [-0.1, -0.05) is 30.3 Å². The van der Waals surface area contributed by atoms with Gasteiger partial charge in [-0.15, -0.1) is 0 Å². The first kappa shape index (κ1) is 19.5. The van der Waals surface area contributed by atoms with Gasteiger partial charge in [0.2, 0.25) is 5.91 Å². The molecule has 0 bridgehead atoms. The molecule has 5 nitrogen and oxygen atoms in total. The normalized spacial score (nSPS) is 11.9. The second kappa shape index (κ2) is 7.80. The van der Waals surface area contributed by atoms with Gasteiger partial charge in [0.05, 0.1) is 5.52 Å². The number of hydrogen-bond acceptors (Lipinski definition) is 3. The standard InChI is InChI=1S/C23H25N3O2/c1-15-13-20(19-11-6-7-12-21(19)24-15)17-9-8-10-18(14-17)23(28)26(5)16(2)22(27)25(3)4/h6-14,16H,1-5H3. The van der Waals surface area contributed by atoms with Crippen LogP contribution in [-0.4, -0.2) is 53.8 Å². The number of carbonyl (C=O) groups excluding carboxylic acids is 2. The second-order valence-electron chi connectivity index (χ2n) is 7.23. The van der Waals surface area contributed by atoms with Crippen molar-refractivity contribution < 1.29 is 9.59 Å². The number of fused-ring (bicyclic) bond motifs is 1. The number of amides is 2. The smallest absolute Gasteiger partial charge is 0.254 e. The third-order valence-electron chi connectivity index (χ3n) is 4.96. The number of carbonyl (C=O) groups is 2. The van der Waals surface area contributed by atoms with Crippen molar-refractivity contribution in [3.8, 4) is 11.1 Å². The molecular weight excluding hydrogens is 350 g/mol. The van der Waals surface area contributed by atoms with Crippen LogP contribution in [0.4, 0.5) is 0 Å². The number of benzene rings is 2. The Morgan fingerprint density at radius 3 is 2.39 bits per heavy atom. The molecule has 0 saturated carbocycles. The van der Waals surface area contributed by atoms with Crippen molar-refractivity contribution in [3.63, 3.8) is 0 Å². The maximum absolute atomic E-state index is 13.0. The van der Waals surface area contributed by atoms with Crippen LogP contribution in [0.2, 0.25) is 0 Å². The van der Waals surface area contributed by atoms with Crippen LogP contribution < -0.4 is 0 Å². The molecule has 28 heavy (non-hydrogen) atoms. The highest BCUT2D eigenvalue weighted by atomic mass is 16.2. The van der Waals surface area contributed by atoms with Crippen LogP contribution in [0, 0.1) is 6.92 Å². The Balaban J connectivity index is 2.00. The summed E-state index contributed by atoms with van der Waals surface area (Å²) >= 11 is 0. The molecule has 3 rings (SSSR count). The first-order valence-electron chi connectivity index (χ1n) is 9.24. The van der Waals surface area contributed by atoms with Crippen molar-refractivity contribution in [2.75, 3.05) is 21.1 Å². The SMILES string of the molecule is Cc1cc(-c2cccc(C(=O)N(C)C(C)C(=O)N(C)C)c2)c2ccccc2n1. The zero-order valence-electron chi connectivity index (χ0n) is 16.9. The molecule has 144 valence electrons. The van der Waals surface area contributed by atoms with Gasteiger partial charge in [-0.05, 0) is 49.2 Å². The van der Waals surface area contributed by atoms with E-state index in [-0.39, 0.29) is 11.8 Å². The Morgan fingerprint density at radius 1 is 0.964 bits per heavy atom. The number of hydrogen-bond donors (Lipinski definition) is 0. The van der Waals surface area contributed by atoms with Crippen molar-refractivity contribution in [3.05, 3.63) is 65.9 Å². The maximum atomic E-state index is 13.0. The van der Waals surface area contributed by atoms with Crippen LogP contribution in [0.5, 0.6) is 0 Å². The van der Waals surface area contributed by atoms with Crippen molar-refractivity contribution in [1.29, 1.82) is 0 Å². The summed E-state index contributed by atoms with van der Waals surface area (Å²) in [5.74, 6) is -0.289. The van der Waals surface area contributed by atoms with Gasteiger partial charge in [0.25, 0.3) is 5.91 Å². The van der Waals surface area contributed by atoms with Gasteiger partial charge in [-0.25, -0.2) is 0 Å². The van der Waals surface area contributed by atoms with E-state index < -0.39 is 6.04 Å². The lowest BCUT2D eigenvalue weighted by Gasteiger charge is -2.26. The minimum atomic E-state index is -0.532. The van der Waals surface area contributed by atoms with E-state index in [4.69, 9.17) is 0 Å². The predicted octanol–water partition coefficient (Wildman–Crippen LogP) is 3.76. The van der Waals surface area contributed by atoms with Gasteiger partial charge in [0.1, 0.15) is 6.04 Å². The number of para-hydroxylation sites is 1. The lowest BCUT2D eigenvalue weighted by Crippen LogP contribution is -2.45. The number of nitrogens with zero attached hydrogens (tertiary/aromatic N) is 3. The predicted molar refractivity (Wildman–Crippen MR) is 112 cm³/mol. The highest BCUT2D eigenvalue weighted by Gasteiger charge is 2.24. The molecule has 0 spiro atoms. The zero-order valence-corrected chi connectivity index (χ0v) is 16.9. The topological polar surface area (TPSA) is 53.5 Å². The summed E-state index contributed by atoms with van der Waals surface area (Å²) in [6.45, 7) is 3.71. The molecule has 0 fully saturated rings. The molecule has 2 amide bonds. The van der Waals surface area contributed by atoms with Crippen molar-refractivity contribution in [2.24, 2.45) is 0 Å². The summed E-state index contributed by atoms with van der Waals surface area (Å²) in [7, 11) is 5.04. The summed E-state index contributed by atoms with van der Waals surface area (Å²) in [6, 6.07) is 17.0. The average molecular weight is 375 g/mol. The van der Waals surface area contributed by atoms with Gasteiger partial charge in [-0.3, -0.25) is 14.6 Å². The molecule has 0 aliphatic carbocycles. The fourth-order valence-electron chi connectivity index (χ4n) is 3.29. The lowest BCUT2D eigenvalue weighted by molar-refractivity contribution is -0.132. The molecule has 3 aromatic rings. The molecule has 0 N–H and O–H groups in total. The summed E-state index contributed by atoms with van der Waals surface area (Å²) in [4.78, 5) is 32.8. The second-order valence-corrected chi connectivity index (χ2v) is 7.23. The molecule has 1 aromatic heterocycles. The van der Waals surface area contributed by atoms with Crippen molar-refractivity contribution in [2.45, 2.75) is 19.9 Å². The van der Waals surface area contributed by atoms with Gasteiger partial charge in [0.15, 0.2) is 0 Å². The lowest BCUT2D eigenvalue weighted by atomic mass is 9.98. The van der Waals surface area contributed by atoms with E-state index in [2.05, 4.69) is 4.98 Å². The van der Waals surface area contributed by atoms with Crippen LogP contribution in [0.15, 0.2) is 54.6 Å².